The first-order valence-corrected chi connectivity index (χ1v) is 5.87. The maximum absolute atomic E-state index is 10.3. The van der Waals surface area contributed by atoms with Gasteiger partial charge < -0.3 is 10.2 Å². The first-order chi connectivity index (χ1) is 8.28. The normalized spacial score (nSPS) is 15.9. The molecule has 1 rings (SSSR count). The molecule has 1 aromatic rings. The zero-order chi connectivity index (χ0) is 13.8. The molecule has 1 aromatic carbocycles. The van der Waals surface area contributed by atoms with E-state index in [2.05, 4.69) is 0 Å². The minimum absolute atomic E-state index is 0.216. The standard InChI is InChI=1S/C15H19NO2/c1-14(2,17)15(3,18)11-13(9-10-16)12-7-5-4-6-8-12/h4-9,17-18H,11H2,1-3H3. The SMILES string of the molecule is CC(C)(O)C(C)(O)CC(=CC#N)c1ccccc1. The molecular weight excluding hydrogens is 226 g/mol. The maximum atomic E-state index is 10.3. The third kappa shape index (κ3) is 3.43. The number of nitrogens with zero attached hydrogens (tertiary/aromatic N) is 1. The number of hydrogen-bond acceptors (Lipinski definition) is 3. The van der Waals surface area contributed by atoms with Crippen molar-refractivity contribution in [3.8, 4) is 6.07 Å². The lowest BCUT2D eigenvalue weighted by Gasteiger charge is -2.36. The van der Waals surface area contributed by atoms with Crippen molar-refractivity contribution in [2.45, 2.75) is 38.4 Å². The van der Waals surface area contributed by atoms with Gasteiger partial charge in [0.05, 0.1) is 17.3 Å². The number of aliphatic hydroxyl groups is 2. The average Bonchev–Trinajstić information content (AvgIpc) is 2.28. The molecule has 0 aliphatic carbocycles. The molecule has 0 aliphatic rings. The van der Waals surface area contributed by atoms with E-state index in [4.69, 9.17) is 5.26 Å². The van der Waals surface area contributed by atoms with E-state index in [1.165, 1.54) is 6.08 Å². The lowest BCUT2D eigenvalue weighted by atomic mass is 9.81. The third-order valence-electron chi connectivity index (χ3n) is 3.24. The Balaban J connectivity index is 3.05. The number of rotatable bonds is 4. The van der Waals surface area contributed by atoms with Gasteiger partial charge in [0.25, 0.3) is 0 Å². The topological polar surface area (TPSA) is 64.2 Å². The van der Waals surface area contributed by atoms with Crippen LogP contribution in [0.4, 0.5) is 0 Å². The van der Waals surface area contributed by atoms with E-state index in [-0.39, 0.29) is 6.42 Å². The average molecular weight is 245 g/mol. The maximum Gasteiger partial charge on any atom is 0.0940 e. The van der Waals surface area contributed by atoms with Gasteiger partial charge in [-0.25, -0.2) is 0 Å². The molecule has 1 atom stereocenters. The summed E-state index contributed by atoms with van der Waals surface area (Å²) in [6, 6.07) is 11.4. The summed E-state index contributed by atoms with van der Waals surface area (Å²) in [5.41, 5.74) is -0.948. The van der Waals surface area contributed by atoms with Gasteiger partial charge in [-0.05, 0) is 31.9 Å². The first-order valence-electron chi connectivity index (χ1n) is 5.87. The van der Waals surface area contributed by atoms with Crippen LogP contribution in [0.5, 0.6) is 0 Å². The Morgan fingerprint density at radius 2 is 1.78 bits per heavy atom. The molecular formula is C15H19NO2. The summed E-state index contributed by atoms with van der Waals surface area (Å²) in [6.07, 6.45) is 1.63. The van der Waals surface area contributed by atoms with Crippen LogP contribution in [0, 0.1) is 11.3 Å². The van der Waals surface area contributed by atoms with Gasteiger partial charge in [-0.3, -0.25) is 0 Å². The van der Waals surface area contributed by atoms with Crippen molar-refractivity contribution >= 4 is 5.57 Å². The summed E-state index contributed by atoms with van der Waals surface area (Å²) >= 11 is 0. The number of benzene rings is 1. The molecule has 18 heavy (non-hydrogen) atoms. The van der Waals surface area contributed by atoms with Crippen LogP contribution in [0.25, 0.3) is 5.57 Å². The van der Waals surface area contributed by atoms with Gasteiger partial charge >= 0.3 is 0 Å². The summed E-state index contributed by atoms with van der Waals surface area (Å²) < 4.78 is 0. The van der Waals surface area contributed by atoms with Gasteiger partial charge in [0, 0.05) is 12.5 Å². The molecule has 0 aliphatic heterocycles. The van der Waals surface area contributed by atoms with Gasteiger partial charge in [0.1, 0.15) is 0 Å². The zero-order valence-corrected chi connectivity index (χ0v) is 11.0. The quantitative estimate of drug-likeness (QED) is 0.801. The van der Waals surface area contributed by atoms with Crippen LogP contribution >= 0.6 is 0 Å². The molecule has 0 aromatic heterocycles. The van der Waals surface area contributed by atoms with Crippen LogP contribution < -0.4 is 0 Å². The molecule has 2 N–H and O–H groups in total. The van der Waals surface area contributed by atoms with Crippen LogP contribution in [-0.4, -0.2) is 21.4 Å². The summed E-state index contributed by atoms with van der Waals surface area (Å²) in [5.74, 6) is 0. The monoisotopic (exact) mass is 245 g/mol. The fraction of sp³-hybridized carbons (Fsp3) is 0.400. The second kappa shape index (κ2) is 5.34. The molecule has 0 saturated carbocycles. The van der Waals surface area contributed by atoms with Crippen LogP contribution in [-0.2, 0) is 0 Å². The minimum atomic E-state index is -1.30. The van der Waals surface area contributed by atoms with Crippen molar-refractivity contribution in [2.75, 3.05) is 0 Å². The van der Waals surface area contributed by atoms with E-state index in [9.17, 15) is 10.2 Å². The Kier molecular flexibility index (Phi) is 4.28. The highest BCUT2D eigenvalue weighted by molar-refractivity contribution is 5.68. The number of hydrogen-bond donors (Lipinski definition) is 2. The van der Waals surface area contributed by atoms with Gasteiger partial charge in [-0.15, -0.1) is 0 Å². The Hall–Kier alpha value is -1.63. The predicted octanol–water partition coefficient (Wildman–Crippen LogP) is 2.51. The van der Waals surface area contributed by atoms with E-state index in [1.54, 1.807) is 20.8 Å². The highest BCUT2D eigenvalue weighted by Crippen LogP contribution is 2.32. The third-order valence-corrected chi connectivity index (χ3v) is 3.24. The molecule has 0 heterocycles. The first kappa shape index (κ1) is 14.4. The molecule has 0 spiro atoms. The van der Waals surface area contributed by atoms with E-state index in [0.717, 1.165) is 5.56 Å². The molecule has 0 saturated heterocycles. The molecule has 3 heteroatoms. The Labute approximate surface area is 108 Å². The van der Waals surface area contributed by atoms with Crippen LogP contribution in [0.1, 0.15) is 32.8 Å². The van der Waals surface area contributed by atoms with Crippen molar-refractivity contribution < 1.29 is 10.2 Å². The molecule has 0 bridgehead atoms. The molecule has 0 radical (unpaired) electrons. The van der Waals surface area contributed by atoms with E-state index < -0.39 is 11.2 Å². The molecule has 96 valence electrons. The number of nitriles is 1. The van der Waals surface area contributed by atoms with E-state index in [1.807, 2.05) is 36.4 Å². The summed E-state index contributed by atoms with van der Waals surface area (Å²) in [4.78, 5) is 0. The second-order valence-corrected chi connectivity index (χ2v) is 5.17. The van der Waals surface area contributed by atoms with Crippen molar-refractivity contribution in [3.63, 3.8) is 0 Å². The lowest BCUT2D eigenvalue weighted by Crippen LogP contribution is -2.47. The Morgan fingerprint density at radius 3 is 2.22 bits per heavy atom. The van der Waals surface area contributed by atoms with Crippen molar-refractivity contribution in [1.82, 2.24) is 0 Å². The van der Waals surface area contributed by atoms with Gasteiger partial charge in [0.15, 0.2) is 0 Å². The molecule has 0 amide bonds. The summed E-state index contributed by atoms with van der Waals surface area (Å²) in [6.45, 7) is 4.69. The fourth-order valence-corrected chi connectivity index (χ4v) is 1.55. The fourth-order valence-electron chi connectivity index (χ4n) is 1.55. The largest absolute Gasteiger partial charge is 0.387 e. The Bertz CT molecular complexity index is 462. The van der Waals surface area contributed by atoms with Crippen molar-refractivity contribution in [1.29, 1.82) is 5.26 Å². The van der Waals surface area contributed by atoms with Crippen molar-refractivity contribution in [3.05, 3.63) is 42.0 Å². The van der Waals surface area contributed by atoms with Gasteiger partial charge in [-0.1, -0.05) is 30.3 Å². The minimum Gasteiger partial charge on any atom is -0.387 e. The van der Waals surface area contributed by atoms with E-state index >= 15 is 0 Å². The van der Waals surface area contributed by atoms with Gasteiger partial charge in [0.2, 0.25) is 0 Å². The van der Waals surface area contributed by atoms with Crippen molar-refractivity contribution in [2.24, 2.45) is 0 Å². The number of allylic oxidation sites excluding steroid dienone is 1. The molecule has 0 fully saturated rings. The second-order valence-electron chi connectivity index (χ2n) is 5.17. The van der Waals surface area contributed by atoms with E-state index in [0.29, 0.717) is 5.57 Å². The van der Waals surface area contributed by atoms with Crippen LogP contribution in [0.3, 0.4) is 0 Å². The summed E-state index contributed by atoms with van der Waals surface area (Å²) in [7, 11) is 0. The van der Waals surface area contributed by atoms with Crippen LogP contribution in [0.2, 0.25) is 0 Å². The smallest absolute Gasteiger partial charge is 0.0940 e. The molecule has 3 nitrogen and oxygen atoms in total. The Morgan fingerprint density at radius 1 is 1.22 bits per heavy atom. The zero-order valence-electron chi connectivity index (χ0n) is 11.0. The highest BCUT2D eigenvalue weighted by Gasteiger charge is 2.38. The van der Waals surface area contributed by atoms with Crippen LogP contribution in [0.15, 0.2) is 36.4 Å². The lowest BCUT2D eigenvalue weighted by molar-refractivity contribution is -0.116. The predicted molar refractivity (Wildman–Crippen MR) is 71.6 cm³/mol. The molecule has 1 unspecified atom stereocenters. The highest BCUT2D eigenvalue weighted by atomic mass is 16.3. The summed E-state index contributed by atoms with van der Waals surface area (Å²) in [5, 5.41) is 29.1. The van der Waals surface area contributed by atoms with Gasteiger partial charge in [-0.2, -0.15) is 5.26 Å².